The van der Waals surface area contributed by atoms with Gasteiger partial charge in [0.2, 0.25) is 0 Å². The minimum absolute atomic E-state index is 0.194. The minimum atomic E-state index is -0.236. The number of carbonyl (C=O) groups excluding carboxylic acids is 4. The van der Waals surface area contributed by atoms with E-state index in [2.05, 4.69) is 9.13 Å². The average Bonchev–Trinajstić information content (AvgIpc) is 3.90. The lowest BCUT2D eigenvalue weighted by Crippen LogP contribution is -1.99. The lowest BCUT2D eigenvalue weighted by molar-refractivity contribution is 0.0975. The zero-order valence-electron chi connectivity index (χ0n) is 25.6. The summed E-state index contributed by atoms with van der Waals surface area (Å²) in [4.78, 5) is 55.3. The van der Waals surface area contributed by atoms with Crippen molar-refractivity contribution in [2.24, 2.45) is 14.1 Å². The first-order chi connectivity index (χ1) is 23.3. The Balaban J connectivity index is 1.04. The van der Waals surface area contributed by atoms with E-state index in [1.807, 2.05) is 99.0 Å². The Labute approximate surface area is 280 Å². The van der Waals surface area contributed by atoms with Crippen molar-refractivity contribution in [2.75, 3.05) is 0 Å². The van der Waals surface area contributed by atoms with E-state index in [4.69, 9.17) is 0 Å². The summed E-state index contributed by atoms with van der Waals surface area (Å²) >= 11 is 3.12. The van der Waals surface area contributed by atoms with Crippen LogP contribution in [0, 0.1) is 0 Å². The summed E-state index contributed by atoms with van der Waals surface area (Å²) in [7, 11) is 4.04. The SMILES string of the molecule is Cn1c2cc(C=C3C(=O)c4cc5ccccc5cc4C3=O)sc2c2c1c1sc(C=C3C(=O)c4cc5ccccc5cc4C3=O)cc1n2C. The Hall–Kier alpha value is -5.70. The first kappa shape index (κ1) is 27.4. The molecule has 8 aromatic rings. The van der Waals surface area contributed by atoms with Crippen molar-refractivity contribution in [3.63, 3.8) is 0 Å². The lowest BCUT2D eigenvalue weighted by Gasteiger charge is -2.00. The van der Waals surface area contributed by atoms with Gasteiger partial charge in [0.25, 0.3) is 0 Å². The molecule has 0 N–H and O–H groups in total. The predicted molar refractivity (Wildman–Crippen MR) is 194 cm³/mol. The summed E-state index contributed by atoms with van der Waals surface area (Å²) in [5.41, 5.74) is 6.36. The number of aromatic nitrogens is 2. The fraction of sp³-hybridized carbons (Fsp3) is 0.0500. The monoisotopic (exact) mass is 658 g/mol. The molecule has 0 spiro atoms. The van der Waals surface area contributed by atoms with E-state index in [9.17, 15) is 19.2 Å². The molecule has 2 aliphatic rings. The molecule has 0 saturated carbocycles. The van der Waals surface area contributed by atoms with Gasteiger partial charge < -0.3 is 9.13 Å². The highest BCUT2D eigenvalue weighted by molar-refractivity contribution is 7.22. The molecule has 6 nitrogen and oxygen atoms in total. The van der Waals surface area contributed by atoms with Crippen LogP contribution in [0.5, 0.6) is 0 Å². The molecule has 0 radical (unpaired) electrons. The molecule has 0 saturated heterocycles. The Morgan fingerprint density at radius 1 is 0.479 bits per heavy atom. The number of nitrogens with zero attached hydrogens (tertiary/aromatic N) is 2. The molecule has 0 fully saturated rings. The third kappa shape index (κ3) is 3.56. The molecular weight excluding hydrogens is 637 g/mol. The molecule has 4 heterocycles. The summed E-state index contributed by atoms with van der Waals surface area (Å²) in [6, 6.07) is 26.8. The number of thiophene rings is 2. The minimum Gasteiger partial charge on any atom is -0.340 e. The summed E-state index contributed by atoms with van der Waals surface area (Å²) in [5, 5.41) is 3.74. The fourth-order valence-corrected chi connectivity index (χ4v) is 9.85. The molecule has 10 rings (SSSR count). The van der Waals surface area contributed by atoms with Crippen molar-refractivity contribution < 1.29 is 19.2 Å². The fourth-order valence-electron chi connectivity index (χ4n) is 7.42. The second-order valence-corrected chi connectivity index (χ2v) is 14.6. The van der Waals surface area contributed by atoms with Crippen molar-refractivity contribution in [1.82, 2.24) is 9.13 Å². The normalized spacial score (nSPS) is 14.5. The zero-order valence-corrected chi connectivity index (χ0v) is 27.2. The van der Waals surface area contributed by atoms with Crippen LogP contribution in [-0.4, -0.2) is 32.3 Å². The van der Waals surface area contributed by atoms with Crippen molar-refractivity contribution in [3.8, 4) is 0 Å². The topological polar surface area (TPSA) is 78.1 Å². The van der Waals surface area contributed by atoms with Gasteiger partial charge in [0, 0.05) is 46.1 Å². The highest BCUT2D eigenvalue weighted by atomic mass is 32.1. The quantitative estimate of drug-likeness (QED) is 0.137. The molecule has 0 atom stereocenters. The van der Waals surface area contributed by atoms with Gasteiger partial charge in [-0.2, -0.15) is 0 Å². The largest absolute Gasteiger partial charge is 0.340 e. The van der Waals surface area contributed by atoms with Gasteiger partial charge in [0.1, 0.15) is 0 Å². The number of carbonyl (C=O) groups is 4. The summed E-state index contributed by atoms with van der Waals surface area (Å²) < 4.78 is 6.42. The number of rotatable bonds is 2. The van der Waals surface area contributed by atoms with Crippen LogP contribution in [0.2, 0.25) is 0 Å². The number of ketones is 4. The summed E-state index contributed by atoms with van der Waals surface area (Å²) in [6.45, 7) is 0. The molecule has 228 valence electrons. The van der Waals surface area contributed by atoms with E-state index >= 15 is 0 Å². The van der Waals surface area contributed by atoms with Crippen LogP contribution in [-0.2, 0) is 14.1 Å². The Bertz CT molecular complexity index is 2630. The van der Waals surface area contributed by atoms with Crippen LogP contribution < -0.4 is 0 Å². The van der Waals surface area contributed by atoms with Gasteiger partial charge in [-0.15, -0.1) is 22.7 Å². The van der Waals surface area contributed by atoms with Gasteiger partial charge in [-0.05, 0) is 70.1 Å². The molecule has 4 aromatic heterocycles. The summed E-state index contributed by atoms with van der Waals surface area (Å²) in [6.07, 6.45) is 3.47. The first-order valence-electron chi connectivity index (χ1n) is 15.4. The van der Waals surface area contributed by atoms with Crippen molar-refractivity contribution in [2.45, 2.75) is 0 Å². The molecule has 0 bridgehead atoms. The number of hydrogen-bond acceptors (Lipinski definition) is 6. The third-order valence-electron chi connectivity index (χ3n) is 9.81. The highest BCUT2D eigenvalue weighted by Gasteiger charge is 2.35. The maximum Gasteiger partial charge on any atom is 0.197 e. The van der Waals surface area contributed by atoms with Crippen LogP contribution in [0.1, 0.15) is 51.2 Å². The maximum atomic E-state index is 13.4. The van der Waals surface area contributed by atoms with E-state index in [-0.39, 0.29) is 34.3 Å². The first-order valence-corrected chi connectivity index (χ1v) is 17.1. The second kappa shape index (κ2) is 9.44. The molecule has 48 heavy (non-hydrogen) atoms. The number of Topliss-reactive ketones (excluding diaryl/α,β-unsaturated/α-hetero) is 4. The van der Waals surface area contributed by atoms with E-state index in [0.717, 1.165) is 62.8 Å². The van der Waals surface area contributed by atoms with E-state index in [1.54, 1.807) is 34.8 Å². The van der Waals surface area contributed by atoms with Crippen LogP contribution in [0.25, 0.3) is 65.2 Å². The third-order valence-corrected chi connectivity index (χ3v) is 12.0. The standard InChI is InChI=1S/C40H22N2O4S2/c1-41-31-17-23(15-29-35(43)25-11-19-7-3-4-8-20(19)12-26(25)36(29)44)47-39(31)34-33(41)40-32(42(34)2)18-24(48-40)16-30-37(45)27-13-21-9-5-6-10-22(21)14-28(27)38(30)46/h3-18H,1-2H3. The highest BCUT2D eigenvalue weighted by Crippen LogP contribution is 2.44. The zero-order chi connectivity index (χ0) is 32.6. The van der Waals surface area contributed by atoms with Crippen molar-refractivity contribution in [1.29, 1.82) is 0 Å². The maximum absolute atomic E-state index is 13.4. The van der Waals surface area contributed by atoms with Crippen LogP contribution in [0.3, 0.4) is 0 Å². The van der Waals surface area contributed by atoms with E-state index in [1.165, 1.54) is 0 Å². The van der Waals surface area contributed by atoms with Crippen molar-refractivity contribution >= 4 is 111 Å². The smallest absolute Gasteiger partial charge is 0.197 e. The molecule has 0 aliphatic heterocycles. The number of hydrogen-bond donors (Lipinski definition) is 0. The lowest BCUT2D eigenvalue weighted by atomic mass is 10.0. The summed E-state index contributed by atoms with van der Waals surface area (Å²) in [5.74, 6) is -0.945. The predicted octanol–water partition coefficient (Wildman–Crippen LogP) is 9.18. The molecule has 0 unspecified atom stereocenters. The number of aryl methyl sites for hydroxylation is 2. The molecule has 8 heteroatoms. The van der Waals surface area contributed by atoms with Crippen LogP contribution in [0.4, 0.5) is 0 Å². The van der Waals surface area contributed by atoms with Gasteiger partial charge in [0.15, 0.2) is 23.1 Å². The molecular formula is C40H22N2O4S2. The molecule has 2 aliphatic carbocycles. The number of allylic oxidation sites excluding steroid dienone is 2. The van der Waals surface area contributed by atoms with Gasteiger partial charge in [-0.3, -0.25) is 19.2 Å². The number of fused-ring (bicyclic) bond motifs is 9. The van der Waals surface area contributed by atoms with Gasteiger partial charge in [-0.25, -0.2) is 0 Å². The Morgan fingerprint density at radius 2 is 0.792 bits per heavy atom. The van der Waals surface area contributed by atoms with Gasteiger partial charge in [0.05, 0.1) is 42.6 Å². The Kier molecular flexibility index (Phi) is 5.39. The molecule has 0 amide bonds. The Morgan fingerprint density at radius 3 is 1.10 bits per heavy atom. The van der Waals surface area contributed by atoms with E-state index in [0.29, 0.717) is 22.3 Å². The van der Waals surface area contributed by atoms with Crippen LogP contribution in [0.15, 0.2) is 96.1 Å². The number of benzene rings is 4. The average molecular weight is 659 g/mol. The second-order valence-electron chi connectivity index (χ2n) is 12.5. The van der Waals surface area contributed by atoms with Gasteiger partial charge >= 0.3 is 0 Å². The van der Waals surface area contributed by atoms with Crippen molar-refractivity contribution in [3.05, 3.63) is 128 Å². The van der Waals surface area contributed by atoms with E-state index < -0.39 is 0 Å². The van der Waals surface area contributed by atoms with Gasteiger partial charge in [-0.1, -0.05) is 48.5 Å². The van der Waals surface area contributed by atoms with Crippen LogP contribution >= 0.6 is 22.7 Å². The molecule has 4 aromatic carbocycles.